The van der Waals surface area contributed by atoms with Crippen molar-refractivity contribution in [3.05, 3.63) is 45.0 Å². The molecule has 1 nitrogen and oxygen atoms in total. The highest BCUT2D eigenvalue weighted by atomic mass is 35.5. The quantitative estimate of drug-likeness (QED) is 0.678. The van der Waals surface area contributed by atoms with Gasteiger partial charge in [0.25, 0.3) is 5.92 Å². The van der Waals surface area contributed by atoms with Gasteiger partial charge in [0.2, 0.25) is 0 Å². The van der Waals surface area contributed by atoms with Crippen LogP contribution < -0.4 is 0 Å². The Morgan fingerprint density at radius 3 is 2.47 bits per heavy atom. The molecule has 0 saturated carbocycles. The summed E-state index contributed by atoms with van der Waals surface area (Å²) in [4.78, 5) is 0. The van der Waals surface area contributed by atoms with Gasteiger partial charge < -0.3 is 5.41 Å². The molecule has 0 bridgehead atoms. The Morgan fingerprint density at radius 2 is 1.95 bits per heavy atom. The summed E-state index contributed by atoms with van der Waals surface area (Å²) in [6.07, 6.45) is 5.75. The van der Waals surface area contributed by atoms with Gasteiger partial charge in [0.1, 0.15) is 0 Å². The van der Waals surface area contributed by atoms with Crippen LogP contribution in [0.15, 0.2) is 45.0 Å². The summed E-state index contributed by atoms with van der Waals surface area (Å²) in [5.41, 5.74) is 2.67. The predicted molar refractivity (Wildman–Crippen MR) is 75.0 cm³/mol. The van der Waals surface area contributed by atoms with Crippen LogP contribution in [0.2, 0.25) is 0 Å². The molecule has 2 aliphatic rings. The summed E-state index contributed by atoms with van der Waals surface area (Å²) >= 11 is 5.90. The lowest BCUT2D eigenvalue weighted by molar-refractivity contribution is 0.0397. The van der Waals surface area contributed by atoms with Gasteiger partial charge in [0, 0.05) is 17.7 Å². The molecule has 0 aliphatic heterocycles. The van der Waals surface area contributed by atoms with Crippen LogP contribution in [0, 0.1) is 5.41 Å². The number of rotatable bonds is 2. The van der Waals surface area contributed by atoms with Crippen LogP contribution in [0.1, 0.15) is 33.1 Å². The molecule has 0 amide bonds. The van der Waals surface area contributed by atoms with E-state index in [0.717, 1.165) is 10.6 Å². The second-order valence-corrected chi connectivity index (χ2v) is 5.46. The minimum Gasteiger partial charge on any atom is -0.308 e. The highest BCUT2D eigenvalue weighted by molar-refractivity contribution is 6.29. The van der Waals surface area contributed by atoms with Gasteiger partial charge >= 0.3 is 0 Å². The van der Waals surface area contributed by atoms with Crippen molar-refractivity contribution in [1.82, 2.24) is 0 Å². The Balaban J connectivity index is 2.54. The molecule has 19 heavy (non-hydrogen) atoms. The fourth-order valence-corrected chi connectivity index (χ4v) is 2.66. The van der Waals surface area contributed by atoms with Crippen molar-refractivity contribution in [1.29, 1.82) is 5.41 Å². The molecule has 0 unspecified atom stereocenters. The van der Waals surface area contributed by atoms with Crippen LogP contribution in [0.4, 0.5) is 8.78 Å². The maximum atomic E-state index is 14.0. The second-order valence-electron chi connectivity index (χ2n) is 4.97. The summed E-state index contributed by atoms with van der Waals surface area (Å²) in [5.74, 6) is -2.82. The molecule has 0 fully saturated rings. The molecule has 0 atom stereocenters. The number of halogens is 3. The lowest BCUT2D eigenvalue weighted by Crippen LogP contribution is -2.26. The molecule has 4 heteroatoms. The Hall–Kier alpha value is -1.22. The van der Waals surface area contributed by atoms with E-state index in [-0.39, 0.29) is 12.0 Å². The van der Waals surface area contributed by atoms with E-state index < -0.39 is 5.92 Å². The fraction of sp³-hybridized carbons (Fsp3) is 0.400. The Kier molecular flexibility index (Phi) is 3.77. The minimum absolute atomic E-state index is 0.0692. The zero-order valence-corrected chi connectivity index (χ0v) is 11.7. The van der Waals surface area contributed by atoms with Crippen molar-refractivity contribution in [2.45, 2.75) is 39.0 Å². The fourth-order valence-electron chi connectivity index (χ4n) is 2.50. The monoisotopic (exact) mass is 283 g/mol. The van der Waals surface area contributed by atoms with Gasteiger partial charge in [0.05, 0.1) is 0 Å². The standard InChI is InChI=1S/C15H16ClF2N/c1-9-10(2)15(17,18)7-13(14(9)8-19)11-3-5-12(16)6-4-11/h3,5,8,19H,4,6-7H2,1-2H3. The van der Waals surface area contributed by atoms with E-state index in [1.54, 1.807) is 19.1 Å². The van der Waals surface area contributed by atoms with E-state index >= 15 is 0 Å². The Morgan fingerprint density at radius 1 is 1.26 bits per heavy atom. The average molecular weight is 284 g/mol. The summed E-state index contributed by atoms with van der Waals surface area (Å²) in [5, 5.41) is 8.25. The lowest BCUT2D eigenvalue weighted by atomic mass is 9.80. The first-order valence-electron chi connectivity index (χ1n) is 6.22. The third kappa shape index (κ3) is 2.57. The Bertz CT molecular complexity index is 550. The molecule has 1 N–H and O–H groups in total. The summed E-state index contributed by atoms with van der Waals surface area (Å²) in [6, 6.07) is 0. The van der Waals surface area contributed by atoms with E-state index in [0.29, 0.717) is 29.6 Å². The molecule has 0 radical (unpaired) electrons. The predicted octanol–water partition coefficient (Wildman–Crippen LogP) is 5.15. The van der Waals surface area contributed by atoms with Crippen LogP contribution in [-0.4, -0.2) is 12.1 Å². The van der Waals surface area contributed by atoms with E-state index in [4.69, 9.17) is 17.0 Å². The second kappa shape index (κ2) is 5.04. The Labute approximate surface area is 116 Å². The van der Waals surface area contributed by atoms with Gasteiger partial charge in [0.15, 0.2) is 0 Å². The highest BCUT2D eigenvalue weighted by Gasteiger charge is 2.39. The maximum absolute atomic E-state index is 14.0. The number of hydrogen-bond donors (Lipinski definition) is 1. The highest BCUT2D eigenvalue weighted by Crippen LogP contribution is 2.44. The van der Waals surface area contributed by atoms with Crippen molar-refractivity contribution < 1.29 is 8.78 Å². The number of hydrogen-bond acceptors (Lipinski definition) is 1. The smallest absolute Gasteiger partial charge is 0.273 e. The van der Waals surface area contributed by atoms with Gasteiger partial charge in [-0.1, -0.05) is 17.7 Å². The summed E-state index contributed by atoms with van der Waals surface area (Å²) < 4.78 is 28.0. The molecule has 0 aromatic rings. The van der Waals surface area contributed by atoms with Crippen molar-refractivity contribution in [3.8, 4) is 0 Å². The van der Waals surface area contributed by atoms with Crippen molar-refractivity contribution in [2.75, 3.05) is 0 Å². The van der Waals surface area contributed by atoms with Gasteiger partial charge in [-0.25, -0.2) is 8.78 Å². The van der Waals surface area contributed by atoms with Crippen molar-refractivity contribution in [2.24, 2.45) is 0 Å². The minimum atomic E-state index is -2.82. The van der Waals surface area contributed by atoms with Crippen LogP contribution >= 0.6 is 11.6 Å². The third-order valence-electron chi connectivity index (χ3n) is 3.87. The first-order chi connectivity index (χ1) is 8.86. The van der Waals surface area contributed by atoms with E-state index in [2.05, 4.69) is 0 Å². The average Bonchev–Trinajstić information content (AvgIpc) is 2.37. The van der Waals surface area contributed by atoms with E-state index in [9.17, 15) is 8.78 Å². The summed E-state index contributed by atoms with van der Waals surface area (Å²) in [6.45, 7) is 3.11. The number of allylic oxidation sites excluding steroid dienone is 8. The van der Waals surface area contributed by atoms with E-state index in [1.807, 2.05) is 0 Å². The molecule has 0 spiro atoms. The first-order valence-corrected chi connectivity index (χ1v) is 6.60. The van der Waals surface area contributed by atoms with Gasteiger partial charge in [-0.15, -0.1) is 0 Å². The SMILES string of the molecule is CC1=C(C)C(F)(F)CC(C2=CC=C(Cl)CC2)=C1C=N. The molecule has 0 saturated heterocycles. The maximum Gasteiger partial charge on any atom is 0.273 e. The van der Waals surface area contributed by atoms with Crippen molar-refractivity contribution >= 4 is 17.8 Å². The molecule has 0 aromatic carbocycles. The van der Waals surface area contributed by atoms with Crippen LogP contribution in [-0.2, 0) is 0 Å². The molecule has 0 heterocycles. The van der Waals surface area contributed by atoms with Crippen LogP contribution in [0.3, 0.4) is 0 Å². The zero-order valence-electron chi connectivity index (χ0n) is 11.0. The lowest BCUT2D eigenvalue weighted by Gasteiger charge is -2.30. The summed E-state index contributed by atoms with van der Waals surface area (Å²) in [7, 11) is 0. The van der Waals surface area contributed by atoms with Gasteiger partial charge in [-0.05, 0) is 60.6 Å². The topological polar surface area (TPSA) is 23.9 Å². The zero-order chi connectivity index (χ0) is 14.2. The molecule has 0 aromatic heterocycles. The molecule has 2 rings (SSSR count). The largest absolute Gasteiger partial charge is 0.308 e. The molecular weight excluding hydrogens is 268 g/mol. The van der Waals surface area contributed by atoms with Crippen molar-refractivity contribution in [3.63, 3.8) is 0 Å². The van der Waals surface area contributed by atoms with E-state index in [1.165, 1.54) is 13.1 Å². The van der Waals surface area contributed by atoms with Gasteiger partial charge in [-0.2, -0.15) is 0 Å². The van der Waals surface area contributed by atoms with Crippen LogP contribution in [0.5, 0.6) is 0 Å². The molecular formula is C15H16ClF2N. The molecule has 2 aliphatic carbocycles. The molecule has 102 valence electrons. The van der Waals surface area contributed by atoms with Gasteiger partial charge in [-0.3, -0.25) is 0 Å². The first kappa shape index (κ1) is 14.2. The number of alkyl halides is 2. The third-order valence-corrected chi connectivity index (χ3v) is 4.18. The van der Waals surface area contributed by atoms with Crippen LogP contribution in [0.25, 0.3) is 0 Å². The number of nitrogens with one attached hydrogen (secondary N) is 1. The normalized spacial score (nSPS) is 23.2.